The lowest BCUT2D eigenvalue weighted by molar-refractivity contribution is 0.143. The molecule has 3 aromatic rings. The Kier molecular flexibility index (Phi) is 8.48. The number of fused-ring (bicyclic) bond motifs is 1. The van der Waals surface area contributed by atoms with E-state index in [9.17, 15) is 0 Å². The van der Waals surface area contributed by atoms with Crippen LogP contribution < -0.4 is 0 Å². The molecule has 1 aliphatic carbocycles. The van der Waals surface area contributed by atoms with Gasteiger partial charge in [-0.1, -0.05) is 24.3 Å². The van der Waals surface area contributed by atoms with E-state index in [-0.39, 0.29) is 11.7 Å². The number of rotatable bonds is 9. The molecule has 0 N–H and O–H groups in total. The zero-order valence-electron chi connectivity index (χ0n) is 23.4. The summed E-state index contributed by atoms with van der Waals surface area (Å²) in [6.45, 7) is 7.78. The molecular formula is C32H38FN3O2S. The average Bonchev–Trinajstić information content (AvgIpc) is 3.72. The van der Waals surface area contributed by atoms with Gasteiger partial charge in [0.05, 0.1) is 23.0 Å². The van der Waals surface area contributed by atoms with E-state index in [2.05, 4.69) is 35.6 Å². The maximum absolute atomic E-state index is 15.7. The lowest BCUT2D eigenvalue weighted by atomic mass is 9.83. The van der Waals surface area contributed by atoms with Gasteiger partial charge in [-0.15, -0.1) is 11.3 Å². The van der Waals surface area contributed by atoms with Gasteiger partial charge in [0.25, 0.3) is 0 Å². The minimum Gasteiger partial charge on any atom is -0.482 e. The molecule has 0 bridgehead atoms. The van der Waals surface area contributed by atoms with Crippen molar-refractivity contribution >= 4 is 27.6 Å². The highest BCUT2D eigenvalue weighted by Crippen LogP contribution is 2.49. The predicted molar refractivity (Wildman–Crippen MR) is 158 cm³/mol. The first-order chi connectivity index (χ1) is 18.9. The van der Waals surface area contributed by atoms with Crippen LogP contribution in [0.2, 0.25) is 0 Å². The summed E-state index contributed by atoms with van der Waals surface area (Å²) in [7, 11) is 5.60. The van der Waals surface area contributed by atoms with Crippen LogP contribution in [0.5, 0.6) is 0 Å². The SMILES string of the molecule is C=Cc1cc(F)c(-c2ncnc3cc(C4CCCOCC4)sc23)cc1C(/C(C)=C/C=C(/OC)N(C)C)C1CC1. The van der Waals surface area contributed by atoms with E-state index >= 15 is 4.39 Å². The highest BCUT2D eigenvalue weighted by atomic mass is 32.1. The van der Waals surface area contributed by atoms with Crippen molar-refractivity contribution in [1.29, 1.82) is 0 Å². The Balaban J connectivity index is 1.59. The zero-order valence-corrected chi connectivity index (χ0v) is 24.2. The summed E-state index contributed by atoms with van der Waals surface area (Å²) in [4.78, 5) is 12.4. The molecule has 1 aliphatic heterocycles. The van der Waals surface area contributed by atoms with Gasteiger partial charge < -0.3 is 14.4 Å². The molecule has 7 heteroatoms. The van der Waals surface area contributed by atoms with E-state index < -0.39 is 0 Å². The third-order valence-corrected chi connectivity index (χ3v) is 9.18. The summed E-state index contributed by atoms with van der Waals surface area (Å²) >= 11 is 1.70. The number of hydrogen-bond acceptors (Lipinski definition) is 6. The molecule has 2 aliphatic rings. The number of methoxy groups -OCH3 is 1. The molecule has 1 saturated heterocycles. The van der Waals surface area contributed by atoms with Crippen molar-refractivity contribution in [2.45, 2.75) is 50.9 Å². The van der Waals surface area contributed by atoms with Gasteiger partial charge in [0.1, 0.15) is 12.1 Å². The first-order valence-corrected chi connectivity index (χ1v) is 14.6. The van der Waals surface area contributed by atoms with Gasteiger partial charge >= 0.3 is 0 Å². The second-order valence-electron chi connectivity index (χ2n) is 10.8. The number of benzene rings is 1. The molecule has 2 fully saturated rings. The van der Waals surface area contributed by atoms with Gasteiger partial charge in [-0.3, -0.25) is 0 Å². The Bertz CT molecular complexity index is 1400. The van der Waals surface area contributed by atoms with Crippen molar-refractivity contribution in [3.8, 4) is 11.3 Å². The molecule has 0 spiro atoms. The Hall–Kier alpha value is -3.03. The van der Waals surface area contributed by atoms with E-state index in [4.69, 9.17) is 9.47 Å². The van der Waals surface area contributed by atoms with Crippen molar-refractivity contribution in [3.05, 3.63) is 76.5 Å². The maximum Gasteiger partial charge on any atom is 0.188 e. The summed E-state index contributed by atoms with van der Waals surface area (Å²) < 4.78 is 27.9. The van der Waals surface area contributed by atoms with Gasteiger partial charge in [-0.2, -0.15) is 0 Å². The van der Waals surface area contributed by atoms with Crippen molar-refractivity contribution in [2.75, 3.05) is 34.4 Å². The molecule has 39 heavy (non-hydrogen) atoms. The summed E-state index contributed by atoms with van der Waals surface area (Å²) in [6.07, 6.45) is 12.9. The second-order valence-corrected chi connectivity index (χ2v) is 11.9. The fourth-order valence-electron chi connectivity index (χ4n) is 5.69. The Morgan fingerprint density at radius 1 is 1.15 bits per heavy atom. The summed E-state index contributed by atoms with van der Waals surface area (Å²) in [6, 6.07) is 5.81. The normalized spacial score (nSPS) is 19.6. The molecule has 5 rings (SSSR count). The topological polar surface area (TPSA) is 47.5 Å². The number of allylic oxidation sites excluding steroid dienone is 3. The van der Waals surface area contributed by atoms with Gasteiger partial charge in [0.15, 0.2) is 5.88 Å². The Labute approximate surface area is 235 Å². The maximum atomic E-state index is 15.7. The summed E-state index contributed by atoms with van der Waals surface area (Å²) in [5, 5.41) is 0. The summed E-state index contributed by atoms with van der Waals surface area (Å²) in [5.74, 6) is 1.63. The minimum absolute atomic E-state index is 0.163. The number of nitrogens with zero attached hydrogens (tertiary/aromatic N) is 3. The highest BCUT2D eigenvalue weighted by molar-refractivity contribution is 7.19. The molecule has 0 amide bonds. The van der Waals surface area contributed by atoms with Crippen LogP contribution in [0.15, 0.2) is 54.7 Å². The van der Waals surface area contributed by atoms with E-state index in [1.54, 1.807) is 36.9 Å². The number of halogens is 1. The predicted octanol–water partition coefficient (Wildman–Crippen LogP) is 7.91. The molecular weight excluding hydrogens is 509 g/mol. The average molecular weight is 548 g/mol. The lowest BCUT2D eigenvalue weighted by Gasteiger charge is -2.22. The molecule has 1 aromatic carbocycles. The van der Waals surface area contributed by atoms with Crippen LogP contribution in [0.25, 0.3) is 27.6 Å². The zero-order chi connectivity index (χ0) is 27.5. The standard InChI is InChI=1S/C32H38FN3O2S/c1-6-21-16-26(33)25(17-24(21)30(23-10-11-23)20(2)9-12-29(37-5)36(3)4)31-32-27(34-19-35-31)18-28(39-32)22-8-7-14-38-15-13-22/h6,9,12,16-19,22-23,30H,1,7-8,10-11,13-15H2,2-5H3/b20-9+,29-12+. The largest absolute Gasteiger partial charge is 0.482 e. The van der Waals surface area contributed by atoms with Crippen molar-refractivity contribution in [1.82, 2.24) is 14.9 Å². The van der Waals surface area contributed by atoms with Crippen LogP contribution in [0.1, 0.15) is 66.9 Å². The van der Waals surface area contributed by atoms with Gasteiger partial charge in [0, 0.05) is 43.7 Å². The fourth-order valence-corrected chi connectivity index (χ4v) is 6.98. The molecule has 2 atom stereocenters. The van der Waals surface area contributed by atoms with E-state index in [0.717, 1.165) is 72.5 Å². The lowest BCUT2D eigenvalue weighted by Crippen LogP contribution is -2.12. The van der Waals surface area contributed by atoms with Gasteiger partial charge in [-0.05, 0) is 86.3 Å². The number of ether oxygens (including phenoxy) is 2. The van der Waals surface area contributed by atoms with Crippen LogP contribution in [-0.4, -0.2) is 49.3 Å². The van der Waals surface area contributed by atoms with Crippen LogP contribution in [0.4, 0.5) is 4.39 Å². The monoisotopic (exact) mass is 547 g/mol. The van der Waals surface area contributed by atoms with Crippen LogP contribution in [0.3, 0.4) is 0 Å². The molecule has 5 nitrogen and oxygen atoms in total. The van der Waals surface area contributed by atoms with Crippen LogP contribution in [-0.2, 0) is 9.47 Å². The summed E-state index contributed by atoms with van der Waals surface area (Å²) in [5.41, 5.74) is 5.23. The molecule has 1 saturated carbocycles. The van der Waals surface area contributed by atoms with Gasteiger partial charge in [-0.25, -0.2) is 14.4 Å². The fraction of sp³-hybridized carbons (Fsp3) is 0.438. The van der Waals surface area contributed by atoms with E-state index in [1.807, 2.05) is 31.1 Å². The van der Waals surface area contributed by atoms with Crippen molar-refractivity contribution < 1.29 is 13.9 Å². The first kappa shape index (κ1) is 27.5. The Morgan fingerprint density at radius 3 is 2.69 bits per heavy atom. The van der Waals surface area contributed by atoms with Gasteiger partial charge in [0.2, 0.25) is 0 Å². The quantitative estimate of drug-likeness (QED) is 0.201. The highest BCUT2D eigenvalue weighted by Gasteiger charge is 2.35. The third-order valence-electron chi connectivity index (χ3n) is 7.89. The molecule has 2 aromatic heterocycles. The number of aromatic nitrogens is 2. The van der Waals surface area contributed by atoms with Crippen LogP contribution >= 0.6 is 11.3 Å². The molecule has 3 heterocycles. The van der Waals surface area contributed by atoms with Crippen LogP contribution in [0, 0.1) is 11.7 Å². The molecule has 206 valence electrons. The van der Waals surface area contributed by atoms with Crippen molar-refractivity contribution in [2.24, 2.45) is 5.92 Å². The van der Waals surface area contributed by atoms with E-state index in [1.165, 1.54) is 10.5 Å². The third kappa shape index (κ3) is 5.94. The smallest absolute Gasteiger partial charge is 0.188 e. The van der Waals surface area contributed by atoms with E-state index in [0.29, 0.717) is 23.1 Å². The van der Waals surface area contributed by atoms with Crippen molar-refractivity contribution in [3.63, 3.8) is 0 Å². The minimum atomic E-state index is -0.281. The molecule has 2 unspecified atom stereocenters. The molecule has 0 radical (unpaired) electrons. The second kappa shape index (κ2) is 12.0. The first-order valence-electron chi connectivity index (χ1n) is 13.8. The number of hydrogen-bond donors (Lipinski definition) is 0. The Morgan fingerprint density at radius 2 is 1.97 bits per heavy atom. The number of thiophene rings is 1.